The minimum atomic E-state index is -3.63. The molecule has 0 aliphatic carbocycles. The Kier molecular flexibility index (Phi) is 4.40. The van der Waals surface area contributed by atoms with Gasteiger partial charge in [0, 0.05) is 9.79 Å². The fraction of sp³-hybridized carbons (Fsp3) is 0.294. The summed E-state index contributed by atoms with van der Waals surface area (Å²) in [5.41, 5.74) is 3.65. The second kappa shape index (κ2) is 6.19. The van der Waals surface area contributed by atoms with Crippen LogP contribution in [0.2, 0.25) is 0 Å². The summed E-state index contributed by atoms with van der Waals surface area (Å²) in [6, 6.07) is 11.8. The molecule has 0 bridgehead atoms. The lowest BCUT2D eigenvalue weighted by Gasteiger charge is -2.32. The smallest absolute Gasteiger partial charge is 0.202 e. The zero-order chi connectivity index (χ0) is 16.6. The topological polar surface area (TPSA) is 46.6 Å². The Hall–Kier alpha value is -1.50. The van der Waals surface area contributed by atoms with Gasteiger partial charge in [0.15, 0.2) is 0 Å². The summed E-state index contributed by atoms with van der Waals surface area (Å²) in [5, 5.41) is 1.48. The van der Waals surface area contributed by atoms with Gasteiger partial charge in [0.1, 0.15) is 0 Å². The van der Waals surface area contributed by atoms with Crippen LogP contribution in [0.25, 0.3) is 0 Å². The van der Waals surface area contributed by atoms with Gasteiger partial charge in [0.05, 0.1) is 17.1 Å². The first-order chi connectivity index (χ1) is 10.9. The van der Waals surface area contributed by atoms with Gasteiger partial charge in [-0.25, -0.2) is 5.06 Å². The van der Waals surface area contributed by atoms with Gasteiger partial charge in [-0.3, -0.25) is 0 Å². The minimum absolute atomic E-state index is 0.000986. The Morgan fingerprint density at radius 1 is 1.09 bits per heavy atom. The zero-order valence-corrected chi connectivity index (χ0v) is 15.0. The number of aryl methyl sites for hydroxylation is 2. The van der Waals surface area contributed by atoms with Crippen molar-refractivity contribution in [3.05, 3.63) is 47.5 Å². The summed E-state index contributed by atoms with van der Waals surface area (Å²) >= 11 is 1.65. The van der Waals surface area contributed by atoms with Crippen LogP contribution in [0, 0.1) is 13.8 Å². The van der Waals surface area contributed by atoms with Gasteiger partial charge >= 0.3 is 0 Å². The quantitative estimate of drug-likeness (QED) is 0.809. The van der Waals surface area contributed by atoms with Gasteiger partial charge in [-0.1, -0.05) is 43.0 Å². The summed E-state index contributed by atoms with van der Waals surface area (Å²) in [6.45, 7) is 5.80. The Morgan fingerprint density at radius 2 is 1.78 bits per heavy atom. The molecular formula is C17H19NO3S2. The van der Waals surface area contributed by atoms with E-state index >= 15 is 0 Å². The summed E-state index contributed by atoms with van der Waals surface area (Å²) in [4.78, 5) is 2.02. The molecule has 0 N–H and O–H groups in total. The van der Waals surface area contributed by atoms with Crippen LogP contribution in [-0.2, 0) is 14.4 Å². The van der Waals surface area contributed by atoms with E-state index in [4.69, 9.17) is 4.28 Å². The van der Waals surface area contributed by atoms with E-state index in [-0.39, 0.29) is 5.75 Å². The molecule has 1 aliphatic heterocycles. The number of anilines is 2. The molecule has 3 rings (SSSR count). The Morgan fingerprint density at radius 3 is 2.52 bits per heavy atom. The number of nitrogens with zero attached hydrogens (tertiary/aromatic N) is 1. The van der Waals surface area contributed by atoms with Crippen LogP contribution in [0.5, 0.6) is 0 Å². The van der Waals surface area contributed by atoms with E-state index in [2.05, 4.69) is 0 Å². The molecule has 6 heteroatoms. The molecule has 1 heterocycles. The molecule has 0 unspecified atom stereocenters. The van der Waals surface area contributed by atoms with Gasteiger partial charge in [0.25, 0.3) is 10.1 Å². The third-order valence-electron chi connectivity index (χ3n) is 3.67. The van der Waals surface area contributed by atoms with Crippen LogP contribution in [0.15, 0.2) is 46.2 Å². The standard InChI is InChI=1S/C17H19NO3S2/c1-4-11-23(19,20)21-18-14-9-5-8-13(3)17(14)22-15-10-6-7-12(2)16(15)18/h5-10H,4,11H2,1-3H3. The predicted octanol–water partition coefficient (Wildman–Crippen LogP) is 4.58. The largest absolute Gasteiger partial charge is 0.288 e. The van der Waals surface area contributed by atoms with Gasteiger partial charge in [-0.2, -0.15) is 8.42 Å². The molecule has 0 atom stereocenters. The predicted molar refractivity (Wildman–Crippen MR) is 93.8 cm³/mol. The first-order valence-electron chi connectivity index (χ1n) is 7.52. The van der Waals surface area contributed by atoms with Crippen molar-refractivity contribution in [2.45, 2.75) is 37.0 Å². The first kappa shape index (κ1) is 16.4. The summed E-state index contributed by atoms with van der Waals surface area (Å²) < 4.78 is 30.0. The fourth-order valence-electron chi connectivity index (χ4n) is 2.61. The highest BCUT2D eigenvalue weighted by molar-refractivity contribution is 7.99. The van der Waals surface area contributed by atoms with E-state index < -0.39 is 10.1 Å². The normalized spacial score (nSPS) is 13.6. The van der Waals surface area contributed by atoms with Crippen molar-refractivity contribution in [1.29, 1.82) is 0 Å². The second-order valence-corrected chi connectivity index (χ2v) is 8.30. The minimum Gasteiger partial charge on any atom is -0.202 e. The number of benzene rings is 2. The SMILES string of the molecule is CCCS(=O)(=O)ON1c2cccc(C)c2Sc2cccc(C)c21. The molecule has 0 radical (unpaired) electrons. The number of hydrogen-bond acceptors (Lipinski definition) is 5. The van der Waals surface area contributed by atoms with E-state index in [1.807, 2.05) is 57.2 Å². The average Bonchev–Trinajstić information content (AvgIpc) is 2.48. The van der Waals surface area contributed by atoms with Crippen molar-refractivity contribution in [3.8, 4) is 0 Å². The summed E-state index contributed by atoms with van der Waals surface area (Å²) in [6.07, 6.45) is 0.520. The maximum absolute atomic E-state index is 12.2. The molecule has 4 nitrogen and oxygen atoms in total. The molecule has 2 aromatic carbocycles. The lowest BCUT2D eigenvalue weighted by Crippen LogP contribution is -2.27. The highest BCUT2D eigenvalue weighted by atomic mass is 32.2. The number of hydrogen-bond donors (Lipinski definition) is 0. The molecule has 2 aromatic rings. The zero-order valence-electron chi connectivity index (χ0n) is 13.4. The number of rotatable bonds is 4. The van der Waals surface area contributed by atoms with Crippen molar-refractivity contribution < 1.29 is 12.7 Å². The lowest BCUT2D eigenvalue weighted by atomic mass is 10.1. The summed E-state index contributed by atoms with van der Waals surface area (Å²) in [5.74, 6) is -0.000986. The second-order valence-electron chi connectivity index (χ2n) is 5.58. The van der Waals surface area contributed by atoms with Gasteiger partial charge < -0.3 is 0 Å². The molecule has 0 saturated heterocycles. The van der Waals surface area contributed by atoms with E-state index in [0.29, 0.717) is 6.42 Å². The van der Waals surface area contributed by atoms with Crippen LogP contribution >= 0.6 is 11.8 Å². The molecular weight excluding hydrogens is 330 g/mol. The Bertz CT molecular complexity index is 847. The molecule has 0 saturated carbocycles. The van der Waals surface area contributed by atoms with Crippen LogP contribution in [0.3, 0.4) is 0 Å². The number of fused-ring (bicyclic) bond motifs is 2. The van der Waals surface area contributed by atoms with E-state index in [0.717, 1.165) is 32.3 Å². The van der Waals surface area contributed by atoms with Crippen LogP contribution in [-0.4, -0.2) is 14.2 Å². The van der Waals surface area contributed by atoms with Crippen molar-refractivity contribution in [2.24, 2.45) is 0 Å². The molecule has 122 valence electrons. The Balaban J connectivity index is 2.16. The van der Waals surface area contributed by atoms with Gasteiger partial charge in [-0.15, -0.1) is 4.28 Å². The number of para-hydroxylation sites is 1. The monoisotopic (exact) mass is 349 g/mol. The third kappa shape index (κ3) is 3.11. The van der Waals surface area contributed by atoms with Crippen molar-refractivity contribution >= 4 is 33.3 Å². The van der Waals surface area contributed by atoms with Gasteiger partial charge in [0.2, 0.25) is 0 Å². The molecule has 1 aliphatic rings. The lowest BCUT2D eigenvalue weighted by molar-refractivity contribution is 0.319. The molecule has 0 spiro atoms. The first-order valence-corrected chi connectivity index (χ1v) is 9.92. The maximum atomic E-state index is 12.2. The van der Waals surface area contributed by atoms with Crippen LogP contribution in [0.4, 0.5) is 11.4 Å². The van der Waals surface area contributed by atoms with E-state index in [1.165, 1.54) is 5.06 Å². The van der Waals surface area contributed by atoms with Crippen LogP contribution in [0.1, 0.15) is 24.5 Å². The Labute approximate surface area is 141 Å². The van der Waals surface area contributed by atoms with Crippen molar-refractivity contribution in [2.75, 3.05) is 10.8 Å². The van der Waals surface area contributed by atoms with Crippen molar-refractivity contribution in [3.63, 3.8) is 0 Å². The molecule has 0 fully saturated rings. The average molecular weight is 349 g/mol. The van der Waals surface area contributed by atoms with Crippen molar-refractivity contribution in [1.82, 2.24) is 0 Å². The highest BCUT2D eigenvalue weighted by Gasteiger charge is 2.30. The fourth-order valence-corrected chi connectivity index (χ4v) is 4.76. The van der Waals surface area contributed by atoms with E-state index in [9.17, 15) is 8.42 Å². The highest BCUT2D eigenvalue weighted by Crippen LogP contribution is 2.50. The summed E-state index contributed by atoms with van der Waals surface area (Å²) in [7, 11) is -3.63. The molecule has 0 aromatic heterocycles. The van der Waals surface area contributed by atoms with E-state index in [1.54, 1.807) is 11.8 Å². The third-order valence-corrected chi connectivity index (χ3v) is 6.24. The molecule has 0 amide bonds. The van der Waals surface area contributed by atoms with Gasteiger partial charge in [-0.05, 0) is 43.5 Å². The molecule has 23 heavy (non-hydrogen) atoms. The van der Waals surface area contributed by atoms with Crippen LogP contribution < -0.4 is 5.06 Å². The maximum Gasteiger partial charge on any atom is 0.288 e.